The Balaban J connectivity index is 2.11. The van der Waals surface area contributed by atoms with Crippen LogP contribution in [0.5, 0.6) is 0 Å². The number of hydrogen-bond acceptors (Lipinski definition) is 3. The van der Waals surface area contributed by atoms with E-state index < -0.39 is 11.6 Å². The Kier molecular flexibility index (Phi) is 5.49. The first-order chi connectivity index (χ1) is 10.5. The third-order valence-corrected chi connectivity index (χ3v) is 3.54. The number of aryl methyl sites for hydroxylation is 2. The summed E-state index contributed by atoms with van der Waals surface area (Å²) in [6.45, 7) is 4.66. The second-order valence-electron chi connectivity index (χ2n) is 4.86. The summed E-state index contributed by atoms with van der Waals surface area (Å²) in [5, 5.41) is 8.78. The zero-order valence-corrected chi connectivity index (χ0v) is 13.2. The van der Waals surface area contributed by atoms with E-state index >= 15 is 0 Å². The quantitative estimate of drug-likeness (QED) is 0.632. The van der Waals surface area contributed by atoms with Gasteiger partial charge in [-0.3, -0.25) is 10.1 Å². The van der Waals surface area contributed by atoms with Gasteiger partial charge in [-0.25, -0.2) is 8.78 Å². The minimum atomic E-state index is -0.710. The van der Waals surface area contributed by atoms with Gasteiger partial charge in [0.25, 0.3) is 0 Å². The van der Waals surface area contributed by atoms with Gasteiger partial charge in [-0.05, 0) is 25.5 Å². The van der Waals surface area contributed by atoms with Crippen LogP contribution in [0.1, 0.15) is 31.0 Å². The molecule has 0 bridgehead atoms. The number of unbranched alkanes of at least 4 members (excludes halogenated alkanes) is 1. The van der Waals surface area contributed by atoms with E-state index in [-0.39, 0.29) is 5.69 Å². The van der Waals surface area contributed by atoms with Crippen molar-refractivity contribution in [1.82, 2.24) is 9.78 Å². The minimum absolute atomic E-state index is 0.0878. The average molecular weight is 327 g/mol. The van der Waals surface area contributed by atoms with Crippen molar-refractivity contribution in [2.75, 3.05) is 5.43 Å². The Bertz CT molecular complexity index is 682. The van der Waals surface area contributed by atoms with Gasteiger partial charge in [0.15, 0.2) is 5.82 Å². The molecule has 0 saturated carbocycles. The molecule has 0 aliphatic rings. The lowest BCUT2D eigenvalue weighted by Gasteiger charge is -2.02. The Morgan fingerprint density at radius 2 is 2.18 bits per heavy atom. The summed E-state index contributed by atoms with van der Waals surface area (Å²) < 4.78 is 28.0. The molecule has 0 radical (unpaired) electrons. The number of anilines is 1. The van der Waals surface area contributed by atoms with E-state index in [0.29, 0.717) is 10.7 Å². The number of halogens is 3. The van der Waals surface area contributed by atoms with Crippen LogP contribution in [0.25, 0.3) is 0 Å². The summed E-state index contributed by atoms with van der Waals surface area (Å²) in [5.41, 5.74) is 4.03. The topological polar surface area (TPSA) is 42.2 Å². The first-order valence-electron chi connectivity index (χ1n) is 7.00. The molecule has 0 saturated heterocycles. The maximum Gasteiger partial charge on any atom is 0.151 e. The standard InChI is InChI=1S/C15H17ClF2N4/c1-3-4-7-22-15(16)12(10(2)21-22)9-19-20-14-6-5-11(17)8-13(14)18/h5-6,8-9,20H,3-4,7H2,1-2H3/b19-9-. The largest absolute Gasteiger partial charge is 0.276 e. The first-order valence-corrected chi connectivity index (χ1v) is 7.37. The van der Waals surface area contributed by atoms with E-state index in [0.717, 1.165) is 37.2 Å². The Labute approximate surface area is 132 Å². The molecule has 0 aliphatic heterocycles. The van der Waals surface area contributed by atoms with Crippen LogP contribution < -0.4 is 5.43 Å². The highest BCUT2D eigenvalue weighted by atomic mass is 35.5. The summed E-state index contributed by atoms with van der Waals surface area (Å²) in [7, 11) is 0. The predicted molar refractivity (Wildman–Crippen MR) is 84.5 cm³/mol. The predicted octanol–water partition coefficient (Wildman–Crippen LogP) is 4.37. The van der Waals surface area contributed by atoms with E-state index in [2.05, 4.69) is 22.5 Å². The third kappa shape index (κ3) is 3.82. The van der Waals surface area contributed by atoms with Crippen molar-refractivity contribution in [3.05, 3.63) is 46.2 Å². The zero-order chi connectivity index (χ0) is 16.1. The molecule has 2 aromatic rings. The second kappa shape index (κ2) is 7.35. The van der Waals surface area contributed by atoms with E-state index in [9.17, 15) is 8.78 Å². The molecule has 22 heavy (non-hydrogen) atoms. The van der Waals surface area contributed by atoms with Gasteiger partial charge in [0.2, 0.25) is 0 Å². The molecular formula is C15H17ClF2N4. The van der Waals surface area contributed by atoms with Crippen molar-refractivity contribution < 1.29 is 8.78 Å². The van der Waals surface area contributed by atoms with Crippen molar-refractivity contribution in [2.24, 2.45) is 5.10 Å². The third-order valence-electron chi connectivity index (χ3n) is 3.14. The fourth-order valence-corrected chi connectivity index (χ4v) is 2.22. The summed E-state index contributed by atoms with van der Waals surface area (Å²) in [6, 6.07) is 3.22. The molecule has 7 heteroatoms. The van der Waals surface area contributed by atoms with Crippen LogP contribution in [0, 0.1) is 18.6 Å². The van der Waals surface area contributed by atoms with Crippen molar-refractivity contribution >= 4 is 23.5 Å². The number of hydrogen-bond donors (Lipinski definition) is 1. The molecule has 1 heterocycles. The van der Waals surface area contributed by atoms with Gasteiger partial charge in [-0.1, -0.05) is 24.9 Å². The molecule has 0 atom stereocenters. The van der Waals surface area contributed by atoms with E-state index in [1.54, 1.807) is 4.68 Å². The van der Waals surface area contributed by atoms with Crippen LogP contribution in [0.2, 0.25) is 5.15 Å². The molecule has 118 valence electrons. The molecule has 0 spiro atoms. The van der Waals surface area contributed by atoms with Gasteiger partial charge in [0.1, 0.15) is 11.0 Å². The summed E-state index contributed by atoms with van der Waals surface area (Å²) in [5.74, 6) is -1.35. The minimum Gasteiger partial charge on any atom is -0.276 e. The van der Waals surface area contributed by atoms with Crippen LogP contribution in [-0.4, -0.2) is 16.0 Å². The Morgan fingerprint density at radius 3 is 2.86 bits per heavy atom. The molecule has 1 aromatic carbocycles. The van der Waals surface area contributed by atoms with Gasteiger partial charge in [-0.15, -0.1) is 0 Å². The van der Waals surface area contributed by atoms with Crippen LogP contribution in [0.15, 0.2) is 23.3 Å². The fraction of sp³-hybridized carbons (Fsp3) is 0.333. The fourth-order valence-electron chi connectivity index (χ4n) is 1.92. The van der Waals surface area contributed by atoms with Crippen molar-refractivity contribution in [2.45, 2.75) is 33.2 Å². The molecule has 0 amide bonds. The molecular weight excluding hydrogens is 310 g/mol. The summed E-state index contributed by atoms with van der Waals surface area (Å²) in [4.78, 5) is 0. The number of nitrogens with one attached hydrogen (secondary N) is 1. The zero-order valence-electron chi connectivity index (χ0n) is 12.4. The molecule has 0 unspecified atom stereocenters. The number of aromatic nitrogens is 2. The molecule has 1 aromatic heterocycles. The van der Waals surface area contributed by atoms with Crippen LogP contribution in [0.4, 0.5) is 14.5 Å². The second-order valence-corrected chi connectivity index (χ2v) is 5.22. The Morgan fingerprint density at radius 1 is 1.41 bits per heavy atom. The number of benzene rings is 1. The van der Waals surface area contributed by atoms with Crippen molar-refractivity contribution in [3.63, 3.8) is 0 Å². The SMILES string of the molecule is CCCCn1nc(C)c(/C=N\Nc2ccc(F)cc2F)c1Cl. The maximum absolute atomic E-state index is 13.5. The van der Waals surface area contributed by atoms with Gasteiger partial charge in [-0.2, -0.15) is 10.2 Å². The highest BCUT2D eigenvalue weighted by molar-refractivity contribution is 6.32. The molecule has 0 aliphatic carbocycles. The van der Waals surface area contributed by atoms with E-state index in [1.807, 2.05) is 6.92 Å². The van der Waals surface area contributed by atoms with Crippen molar-refractivity contribution in [3.8, 4) is 0 Å². The van der Waals surface area contributed by atoms with E-state index in [4.69, 9.17) is 11.6 Å². The van der Waals surface area contributed by atoms with Crippen LogP contribution >= 0.6 is 11.6 Å². The van der Waals surface area contributed by atoms with Crippen molar-refractivity contribution in [1.29, 1.82) is 0 Å². The first kappa shape index (κ1) is 16.4. The lowest BCUT2D eigenvalue weighted by Crippen LogP contribution is -2.00. The molecule has 4 nitrogen and oxygen atoms in total. The lowest BCUT2D eigenvalue weighted by atomic mass is 10.3. The Hall–Kier alpha value is -1.95. The molecule has 0 fully saturated rings. The van der Waals surface area contributed by atoms with Gasteiger partial charge in [0, 0.05) is 12.6 Å². The average Bonchev–Trinajstić information content (AvgIpc) is 2.74. The number of rotatable bonds is 6. The smallest absolute Gasteiger partial charge is 0.151 e. The monoisotopic (exact) mass is 326 g/mol. The lowest BCUT2D eigenvalue weighted by molar-refractivity contribution is 0.569. The van der Waals surface area contributed by atoms with Gasteiger partial charge >= 0.3 is 0 Å². The highest BCUT2D eigenvalue weighted by Crippen LogP contribution is 2.19. The van der Waals surface area contributed by atoms with E-state index in [1.165, 1.54) is 12.3 Å². The van der Waals surface area contributed by atoms with Crippen LogP contribution in [0.3, 0.4) is 0 Å². The molecule has 1 N–H and O–H groups in total. The van der Waals surface area contributed by atoms with Gasteiger partial charge < -0.3 is 0 Å². The molecule has 2 rings (SSSR count). The normalized spacial score (nSPS) is 11.3. The number of hydrazone groups is 1. The van der Waals surface area contributed by atoms with Gasteiger partial charge in [0.05, 0.1) is 23.2 Å². The maximum atomic E-state index is 13.5. The number of nitrogens with zero attached hydrogens (tertiary/aromatic N) is 3. The highest BCUT2D eigenvalue weighted by Gasteiger charge is 2.11. The van der Waals surface area contributed by atoms with Crippen LogP contribution in [-0.2, 0) is 6.54 Å². The summed E-state index contributed by atoms with van der Waals surface area (Å²) >= 11 is 6.26. The summed E-state index contributed by atoms with van der Waals surface area (Å²) in [6.07, 6.45) is 3.51.